The van der Waals surface area contributed by atoms with Crippen molar-refractivity contribution in [2.24, 2.45) is 5.73 Å². The van der Waals surface area contributed by atoms with Gasteiger partial charge in [-0.15, -0.1) is 0 Å². The van der Waals surface area contributed by atoms with E-state index in [0.29, 0.717) is 0 Å². The largest absolute Gasteiger partial charge is 0.493 e. The van der Waals surface area contributed by atoms with E-state index >= 15 is 0 Å². The van der Waals surface area contributed by atoms with Gasteiger partial charge in [0.25, 0.3) is 11.8 Å². The van der Waals surface area contributed by atoms with Crippen LogP contribution in [0, 0.1) is 0 Å². The van der Waals surface area contributed by atoms with Crippen LogP contribution in [0.15, 0.2) is 12.1 Å². The van der Waals surface area contributed by atoms with Crippen LogP contribution in [0.2, 0.25) is 5.02 Å². The van der Waals surface area contributed by atoms with Crippen LogP contribution < -0.4 is 15.2 Å². The fraction of sp³-hybridized carbons (Fsp3) is 0.400. The number of benzene rings is 1. The fourth-order valence-corrected chi connectivity index (χ4v) is 2.56. The first-order valence-electron chi connectivity index (χ1n) is 7.25. The third kappa shape index (κ3) is 4.52. The Hall–Kier alpha value is -2.52. The fourth-order valence-electron chi connectivity index (χ4n) is 2.29. The van der Waals surface area contributed by atoms with Gasteiger partial charge < -0.3 is 30.0 Å². The minimum atomic E-state index is -1.14. The molecule has 2 amide bonds. The van der Waals surface area contributed by atoms with Gasteiger partial charge in [-0.3, -0.25) is 9.59 Å². The first-order chi connectivity index (χ1) is 11.8. The number of amides is 2. The van der Waals surface area contributed by atoms with Crippen LogP contribution in [0.25, 0.3) is 0 Å². The molecule has 0 aromatic heterocycles. The van der Waals surface area contributed by atoms with Crippen LogP contribution in [-0.2, 0) is 14.3 Å². The van der Waals surface area contributed by atoms with E-state index in [1.165, 1.54) is 24.1 Å². The van der Waals surface area contributed by atoms with Crippen LogP contribution in [0.1, 0.15) is 10.4 Å². The highest BCUT2D eigenvalue weighted by Gasteiger charge is 2.30. The number of primary amides is 1. The number of nitrogens with two attached hydrogens (primary N) is 1. The molecule has 1 heterocycles. The van der Waals surface area contributed by atoms with E-state index in [0.717, 1.165) is 0 Å². The maximum absolute atomic E-state index is 12.6. The number of hydrogen-bond acceptors (Lipinski definition) is 6. The van der Waals surface area contributed by atoms with Gasteiger partial charge in [-0.25, -0.2) is 4.79 Å². The second-order valence-corrected chi connectivity index (χ2v) is 5.60. The first kappa shape index (κ1) is 18.8. The molecule has 1 aromatic rings. The van der Waals surface area contributed by atoms with Gasteiger partial charge in [-0.05, 0) is 12.1 Å². The number of aliphatic carboxylic acids is 1. The molecule has 0 saturated carbocycles. The third-order valence-corrected chi connectivity index (χ3v) is 3.75. The Morgan fingerprint density at radius 2 is 2.16 bits per heavy atom. The number of nitrogens with zero attached hydrogens (tertiary/aromatic N) is 1. The molecular weight excluding hydrogens is 356 g/mol. The summed E-state index contributed by atoms with van der Waals surface area (Å²) < 4.78 is 15.4. The lowest BCUT2D eigenvalue weighted by molar-refractivity contribution is -0.154. The van der Waals surface area contributed by atoms with Crippen LogP contribution in [-0.4, -0.2) is 67.3 Å². The number of hydrogen-bond donors (Lipinski definition) is 2. The molecule has 0 bridgehead atoms. The summed E-state index contributed by atoms with van der Waals surface area (Å²) in [5.74, 6) is -2.00. The van der Waals surface area contributed by atoms with Gasteiger partial charge in [0.05, 0.1) is 25.3 Å². The van der Waals surface area contributed by atoms with Crippen molar-refractivity contribution in [1.29, 1.82) is 0 Å². The number of ether oxygens (including phenoxy) is 3. The normalized spacial score (nSPS) is 17.0. The molecule has 1 atom stereocenters. The predicted molar refractivity (Wildman–Crippen MR) is 86.0 cm³/mol. The number of morpholine rings is 1. The SMILES string of the molecule is COc1cc(C(=O)N2CCOC(C(=O)O)C2)cc(Cl)c1OCC(N)=O. The molecule has 0 radical (unpaired) electrons. The van der Waals surface area contributed by atoms with Crippen molar-refractivity contribution in [2.75, 3.05) is 33.4 Å². The second-order valence-electron chi connectivity index (χ2n) is 5.19. The van der Waals surface area contributed by atoms with E-state index < -0.39 is 30.5 Å². The Kier molecular flexibility index (Phi) is 6.05. The zero-order chi connectivity index (χ0) is 18.6. The van der Waals surface area contributed by atoms with E-state index in [2.05, 4.69) is 0 Å². The number of carboxylic acid groups (broad SMARTS) is 1. The van der Waals surface area contributed by atoms with Crippen LogP contribution >= 0.6 is 11.6 Å². The molecule has 0 spiro atoms. The van der Waals surface area contributed by atoms with Gasteiger partial charge >= 0.3 is 5.97 Å². The number of carbonyl (C=O) groups is 3. The summed E-state index contributed by atoms with van der Waals surface area (Å²) >= 11 is 6.11. The summed E-state index contributed by atoms with van der Waals surface area (Å²) in [7, 11) is 1.35. The lowest BCUT2D eigenvalue weighted by Crippen LogP contribution is -2.48. The molecule has 1 aromatic carbocycles. The maximum atomic E-state index is 12.6. The van der Waals surface area contributed by atoms with Crippen molar-refractivity contribution in [1.82, 2.24) is 4.90 Å². The van der Waals surface area contributed by atoms with E-state index in [1.54, 1.807) is 0 Å². The smallest absolute Gasteiger partial charge is 0.334 e. The summed E-state index contributed by atoms with van der Waals surface area (Å²) in [6.45, 7) is -0.100. The van der Waals surface area contributed by atoms with Crippen molar-refractivity contribution >= 4 is 29.4 Å². The van der Waals surface area contributed by atoms with Gasteiger partial charge in [0.1, 0.15) is 0 Å². The summed E-state index contributed by atoms with van der Waals surface area (Å²) in [5, 5.41) is 9.08. The minimum Gasteiger partial charge on any atom is -0.493 e. The molecule has 0 aliphatic carbocycles. The first-order valence-corrected chi connectivity index (χ1v) is 7.63. The molecule has 25 heavy (non-hydrogen) atoms. The van der Waals surface area contributed by atoms with E-state index in [-0.39, 0.29) is 41.8 Å². The lowest BCUT2D eigenvalue weighted by atomic mass is 10.1. The second kappa shape index (κ2) is 8.04. The van der Waals surface area contributed by atoms with E-state index in [9.17, 15) is 14.4 Å². The molecule has 3 N–H and O–H groups in total. The minimum absolute atomic E-state index is 0.0620. The van der Waals surface area contributed by atoms with Gasteiger partial charge in [0.15, 0.2) is 24.2 Å². The molecule has 136 valence electrons. The molecule has 1 aliphatic rings. The van der Waals surface area contributed by atoms with Gasteiger partial charge in [0, 0.05) is 12.1 Å². The molecule has 1 fully saturated rings. The maximum Gasteiger partial charge on any atom is 0.334 e. The van der Waals surface area contributed by atoms with Crippen molar-refractivity contribution < 1.29 is 33.7 Å². The number of halogens is 1. The molecule has 2 rings (SSSR count). The zero-order valence-electron chi connectivity index (χ0n) is 13.4. The Labute approximate surface area is 148 Å². The number of methoxy groups -OCH3 is 1. The molecule has 1 saturated heterocycles. The Morgan fingerprint density at radius 1 is 1.44 bits per heavy atom. The van der Waals surface area contributed by atoms with E-state index in [4.69, 9.17) is 36.7 Å². The van der Waals surface area contributed by atoms with Crippen molar-refractivity contribution in [3.63, 3.8) is 0 Å². The highest BCUT2D eigenvalue weighted by atomic mass is 35.5. The topological polar surface area (TPSA) is 128 Å². The van der Waals surface area contributed by atoms with Crippen LogP contribution in [0.4, 0.5) is 0 Å². The average Bonchev–Trinajstić information content (AvgIpc) is 2.59. The van der Waals surface area contributed by atoms with Crippen molar-refractivity contribution in [2.45, 2.75) is 6.10 Å². The zero-order valence-corrected chi connectivity index (χ0v) is 14.1. The molecule has 9 nitrogen and oxygen atoms in total. The summed E-state index contributed by atoms with van der Waals surface area (Å²) in [4.78, 5) is 35.8. The van der Waals surface area contributed by atoms with Gasteiger partial charge in [-0.1, -0.05) is 11.6 Å². The highest BCUT2D eigenvalue weighted by Crippen LogP contribution is 2.36. The molecule has 1 aliphatic heterocycles. The predicted octanol–water partition coefficient (Wildman–Crippen LogP) is 0.138. The quantitative estimate of drug-likeness (QED) is 0.726. The average molecular weight is 373 g/mol. The standard InChI is InChI=1S/C15H17ClN2O7/c1-23-10-5-8(4-9(16)13(10)25-7-12(17)19)14(20)18-2-3-24-11(6-18)15(21)22/h4-5,11H,2-3,6-7H2,1H3,(H2,17,19)(H,21,22). The van der Waals surface area contributed by atoms with Crippen LogP contribution in [0.3, 0.4) is 0 Å². The summed E-state index contributed by atoms with van der Waals surface area (Å²) in [6, 6.07) is 2.75. The number of carbonyl (C=O) groups excluding carboxylic acids is 2. The Morgan fingerprint density at radius 3 is 2.76 bits per heavy atom. The molecule has 10 heteroatoms. The summed E-state index contributed by atoms with van der Waals surface area (Å²) in [5.41, 5.74) is 5.22. The Bertz CT molecular complexity index is 695. The third-order valence-electron chi connectivity index (χ3n) is 3.46. The monoisotopic (exact) mass is 372 g/mol. The van der Waals surface area contributed by atoms with Gasteiger partial charge in [0.2, 0.25) is 0 Å². The molecule has 1 unspecified atom stereocenters. The van der Waals surface area contributed by atoms with Crippen LogP contribution in [0.5, 0.6) is 11.5 Å². The van der Waals surface area contributed by atoms with Gasteiger partial charge in [-0.2, -0.15) is 0 Å². The van der Waals surface area contributed by atoms with Crippen molar-refractivity contribution in [3.05, 3.63) is 22.7 Å². The number of rotatable bonds is 6. The molecular formula is C15H17ClN2O7. The number of carboxylic acids is 1. The summed E-state index contributed by atoms with van der Waals surface area (Å²) in [6.07, 6.45) is -1.08. The highest BCUT2D eigenvalue weighted by molar-refractivity contribution is 6.32. The van der Waals surface area contributed by atoms with E-state index in [1.807, 2.05) is 0 Å². The lowest BCUT2D eigenvalue weighted by Gasteiger charge is -2.31. The van der Waals surface area contributed by atoms with Crippen molar-refractivity contribution in [3.8, 4) is 11.5 Å². The Balaban J connectivity index is 2.23.